The molecule has 3 rings (SSSR count). The van der Waals surface area contributed by atoms with Crippen LogP contribution in [-0.2, 0) is 19.4 Å². The van der Waals surface area contributed by atoms with Crippen LogP contribution in [0.1, 0.15) is 53.4 Å². The lowest BCUT2D eigenvalue weighted by molar-refractivity contribution is 0.432. The molecule has 1 heterocycles. The Morgan fingerprint density at radius 1 is 1.25 bits per heavy atom. The molecule has 1 aliphatic rings. The van der Waals surface area contributed by atoms with E-state index in [-0.39, 0.29) is 0 Å². The second kappa shape index (κ2) is 5.41. The number of nitrogens with zero attached hydrogens (tertiary/aromatic N) is 1. The fourth-order valence-electron chi connectivity index (χ4n) is 2.83. The predicted molar refractivity (Wildman–Crippen MR) is 79.7 cm³/mol. The van der Waals surface area contributed by atoms with Crippen LogP contribution < -0.4 is 5.32 Å². The number of aryl methyl sites for hydroxylation is 4. The van der Waals surface area contributed by atoms with Crippen molar-refractivity contribution in [2.75, 3.05) is 0 Å². The van der Waals surface area contributed by atoms with Crippen LogP contribution in [0.15, 0.2) is 22.6 Å². The molecule has 0 spiro atoms. The highest BCUT2D eigenvalue weighted by atomic mass is 16.4. The second-order valence-electron chi connectivity index (χ2n) is 5.73. The first kappa shape index (κ1) is 13.4. The van der Waals surface area contributed by atoms with Gasteiger partial charge in [-0.05, 0) is 56.7 Å². The van der Waals surface area contributed by atoms with Crippen LogP contribution >= 0.6 is 0 Å². The van der Waals surface area contributed by atoms with Crippen molar-refractivity contribution in [2.45, 2.75) is 52.6 Å². The summed E-state index contributed by atoms with van der Waals surface area (Å²) in [5, 5.41) is 3.49. The molecule has 106 valence electrons. The van der Waals surface area contributed by atoms with Crippen molar-refractivity contribution < 1.29 is 4.42 Å². The zero-order valence-electron chi connectivity index (χ0n) is 12.5. The molecule has 3 nitrogen and oxygen atoms in total. The minimum Gasteiger partial charge on any atom is -0.444 e. The van der Waals surface area contributed by atoms with Crippen molar-refractivity contribution in [2.24, 2.45) is 0 Å². The van der Waals surface area contributed by atoms with Gasteiger partial charge in [-0.25, -0.2) is 4.98 Å². The molecular formula is C17H22N2O. The van der Waals surface area contributed by atoms with E-state index in [1.807, 2.05) is 13.8 Å². The number of benzene rings is 1. The molecule has 0 saturated heterocycles. The molecule has 0 saturated carbocycles. The predicted octanol–water partition coefficient (Wildman–Crippen LogP) is 3.63. The van der Waals surface area contributed by atoms with Gasteiger partial charge in [0.05, 0.1) is 12.2 Å². The smallest absolute Gasteiger partial charge is 0.208 e. The minimum absolute atomic E-state index is 0.313. The van der Waals surface area contributed by atoms with Crippen LogP contribution in [0.5, 0.6) is 0 Å². The number of aromatic nitrogens is 1. The SMILES string of the molecule is Cc1nc(CNC(C)c2ccc3c(c2)CCC3)oc1C. The molecule has 1 aromatic carbocycles. The zero-order valence-corrected chi connectivity index (χ0v) is 12.5. The Bertz CT molecular complexity index is 596. The fourth-order valence-corrected chi connectivity index (χ4v) is 2.83. The number of nitrogens with one attached hydrogen (secondary N) is 1. The van der Waals surface area contributed by atoms with E-state index in [0.717, 1.165) is 17.3 Å². The van der Waals surface area contributed by atoms with Gasteiger partial charge in [-0.1, -0.05) is 18.2 Å². The summed E-state index contributed by atoms with van der Waals surface area (Å²) in [4.78, 5) is 4.40. The van der Waals surface area contributed by atoms with Gasteiger partial charge in [0.15, 0.2) is 0 Å². The molecule has 20 heavy (non-hydrogen) atoms. The molecule has 3 heteroatoms. The van der Waals surface area contributed by atoms with Gasteiger partial charge in [0, 0.05) is 6.04 Å². The Balaban J connectivity index is 1.65. The molecule has 0 aliphatic heterocycles. The average molecular weight is 270 g/mol. The topological polar surface area (TPSA) is 38.1 Å². The summed E-state index contributed by atoms with van der Waals surface area (Å²) in [6.07, 6.45) is 3.77. The summed E-state index contributed by atoms with van der Waals surface area (Å²) in [5.41, 5.74) is 5.39. The van der Waals surface area contributed by atoms with E-state index in [4.69, 9.17) is 4.42 Å². The first-order chi connectivity index (χ1) is 9.63. The third-order valence-electron chi connectivity index (χ3n) is 4.25. The van der Waals surface area contributed by atoms with E-state index < -0.39 is 0 Å². The van der Waals surface area contributed by atoms with Crippen LogP contribution in [-0.4, -0.2) is 4.98 Å². The van der Waals surface area contributed by atoms with Gasteiger partial charge in [-0.2, -0.15) is 0 Å². The molecule has 1 unspecified atom stereocenters. The van der Waals surface area contributed by atoms with Gasteiger partial charge < -0.3 is 9.73 Å². The lowest BCUT2D eigenvalue weighted by Gasteiger charge is -2.14. The first-order valence-electron chi connectivity index (χ1n) is 7.41. The van der Waals surface area contributed by atoms with E-state index in [2.05, 4.69) is 35.4 Å². The van der Waals surface area contributed by atoms with Crippen LogP contribution in [0.25, 0.3) is 0 Å². The first-order valence-corrected chi connectivity index (χ1v) is 7.41. The maximum absolute atomic E-state index is 5.60. The quantitative estimate of drug-likeness (QED) is 0.922. The van der Waals surface area contributed by atoms with Crippen molar-refractivity contribution in [1.29, 1.82) is 0 Å². The molecular weight excluding hydrogens is 248 g/mol. The number of hydrogen-bond acceptors (Lipinski definition) is 3. The average Bonchev–Trinajstić information content (AvgIpc) is 3.02. The summed E-state index contributed by atoms with van der Waals surface area (Å²) in [6.45, 7) is 6.80. The summed E-state index contributed by atoms with van der Waals surface area (Å²) in [7, 11) is 0. The number of oxazole rings is 1. The summed E-state index contributed by atoms with van der Waals surface area (Å²) >= 11 is 0. The molecule has 0 fully saturated rings. The maximum atomic E-state index is 5.60. The summed E-state index contributed by atoms with van der Waals surface area (Å²) in [5.74, 6) is 1.68. The lowest BCUT2D eigenvalue weighted by atomic mass is 10.0. The lowest BCUT2D eigenvalue weighted by Crippen LogP contribution is -2.18. The summed E-state index contributed by atoms with van der Waals surface area (Å²) < 4.78 is 5.60. The van der Waals surface area contributed by atoms with Crippen LogP contribution in [0.3, 0.4) is 0 Å². The molecule has 1 N–H and O–H groups in total. The van der Waals surface area contributed by atoms with E-state index in [9.17, 15) is 0 Å². The number of fused-ring (bicyclic) bond motifs is 1. The van der Waals surface area contributed by atoms with Gasteiger partial charge in [0.1, 0.15) is 5.76 Å². The van der Waals surface area contributed by atoms with E-state index >= 15 is 0 Å². The Morgan fingerprint density at radius 2 is 2.05 bits per heavy atom. The molecule has 2 aromatic rings. The van der Waals surface area contributed by atoms with Crippen molar-refractivity contribution in [3.8, 4) is 0 Å². The molecule has 1 aliphatic carbocycles. The van der Waals surface area contributed by atoms with Crippen molar-refractivity contribution in [3.63, 3.8) is 0 Å². The number of hydrogen-bond donors (Lipinski definition) is 1. The Hall–Kier alpha value is -1.61. The van der Waals surface area contributed by atoms with E-state index in [0.29, 0.717) is 12.6 Å². The van der Waals surface area contributed by atoms with Crippen molar-refractivity contribution in [1.82, 2.24) is 10.3 Å². The van der Waals surface area contributed by atoms with Gasteiger partial charge in [0.25, 0.3) is 0 Å². The maximum Gasteiger partial charge on any atom is 0.208 e. The fraction of sp³-hybridized carbons (Fsp3) is 0.471. The van der Waals surface area contributed by atoms with Crippen LogP contribution in [0, 0.1) is 13.8 Å². The Morgan fingerprint density at radius 3 is 2.80 bits per heavy atom. The monoisotopic (exact) mass is 270 g/mol. The second-order valence-corrected chi connectivity index (χ2v) is 5.73. The third kappa shape index (κ3) is 2.63. The molecule has 1 aromatic heterocycles. The molecule has 0 radical (unpaired) electrons. The van der Waals surface area contributed by atoms with Gasteiger partial charge in [0.2, 0.25) is 5.89 Å². The third-order valence-corrected chi connectivity index (χ3v) is 4.25. The van der Waals surface area contributed by atoms with Crippen molar-refractivity contribution in [3.05, 3.63) is 52.2 Å². The Kier molecular flexibility index (Phi) is 3.62. The molecule has 0 bridgehead atoms. The van der Waals surface area contributed by atoms with E-state index in [1.165, 1.54) is 36.0 Å². The summed E-state index contributed by atoms with van der Waals surface area (Å²) in [6, 6.07) is 7.20. The standard InChI is InChI=1S/C17H22N2O/c1-11-13(3)20-17(19-11)10-18-12(2)15-8-7-14-5-4-6-16(14)9-15/h7-9,12,18H,4-6,10H2,1-3H3. The zero-order chi connectivity index (χ0) is 14.1. The van der Waals surface area contributed by atoms with Gasteiger partial charge in [-0.15, -0.1) is 0 Å². The van der Waals surface area contributed by atoms with Crippen molar-refractivity contribution >= 4 is 0 Å². The highest BCUT2D eigenvalue weighted by molar-refractivity contribution is 5.36. The highest BCUT2D eigenvalue weighted by Gasteiger charge is 2.14. The van der Waals surface area contributed by atoms with Gasteiger partial charge >= 0.3 is 0 Å². The minimum atomic E-state index is 0.313. The number of rotatable bonds is 4. The van der Waals surface area contributed by atoms with Crippen LogP contribution in [0.4, 0.5) is 0 Å². The Labute approximate surface area is 120 Å². The van der Waals surface area contributed by atoms with Crippen LogP contribution in [0.2, 0.25) is 0 Å². The molecule has 1 atom stereocenters. The van der Waals surface area contributed by atoms with E-state index in [1.54, 1.807) is 0 Å². The van der Waals surface area contributed by atoms with Gasteiger partial charge in [-0.3, -0.25) is 0 Å². The normalized spacial score (nSPS) is 15.3. The highest BCUT2D eigenvalue weighted by Crippen LogP contribution is 2.25. The largest absolute Gasteiger partial charge is 0.444 e. The molecule has 0 amide bonds.